The minimum Gasteiger partial charge on any atom is -0.450 e. The van der Waals surface area contributed by atoms with Crippen molar-refractivity contribution in [2.75, 3.05) is 0 Å². The number of fused-ring (bicyclic) bond motifs is 3. The minimum atomic E-state index is -4.84. The molecule has 0 N–H and O–H groups in total. The van der Waals surface area contributed by atoms with Crippen LogP contribution in [0.2, 0.25) is 0 Å². The van der Waals surface area contributed by atoms with Crippen LogP contribution in [0.1, 0.15) is 88.2 Å². The van der Waals surface area contributed by atoms with E-state index in [1.807, 2.05) is 0 Å². The normalized spacial score (nSPS) is 26.4. The van der Waals surface area contributed by atoms with Crippen molar-refractivity contribution in [3.63, 3.8) is 0 Å². The van der Waals surface area contributed by atoms with Crippen molar-refractivity contribution >= 4 is 21.9 Å². The molecule has 0 amide bonds. The molecule has 1 aromatic heterocycles. The molecule has 2 aliphatic carbocycles. The molecule has 3 aromatic rings. The van der Waals surface area contributed by atoms with E-state index in [2.05, 4.69) is 6.92 Å². The fourth-order valence-electron chi connectivity index (χ4n) is 6.65. The van der Waals surface area contributed by atoms with Crippen molar-refractivity contribution in [2.45, 2.75) is 83.2 Å². The van der Waals surface area contributed by atoms with Crippen LogP contribution < -0.4 is 0 Å². The van der Waals surface area contributed by atoms with Gasteiger partial charge in [-0.05, 0) is 86.0 Å². The van der Waals surface area contributed by atoms with Gasteiger partial charge in [-0.25, -0.2) is 8.78 Å². The molecule has 1 nitrogen and oxygen atoms in total. The number of hydrogen-bond donors (Lipinski definition) is 0. The van der Waals surface area contributed by atoms with E-state index in [0.717, 1.165) is 43.6 Å². The van der Waals surface area contributed by atoms with Crippen molar-refractivity contribution in [1.82, 2.24) is 0 Å². The number of halogens is 5. The number of rotatable bonds is 4. The van der Waals surface area contributed by atoms with E-state index < -0.39 is 29.0 Å². The van der Waals surface area contributed by atoms with Gasteiger partial charge < -0.3 is 4.42 Å². The summed E-state index contributed by atoms with van der Waals surface area (Å²) in [5.41, 5.74) is -1.56. The smallest absolute Gasteiger partial charge is 0.419 e. The minimum absolute atomic E-state index is 0.0564. The summed E-state index contributed by atoms with van der Waals surface area (Å²) in [6, 6.07) is 5.22. The van der Waals surface area contributed by atoms with Gasteiger partial charge in [-0.1, -0.05) is 38.7 Å². The van der Waals surface area contributed by atoms with Crippen molar-refractivity contribution in [3.8, 4) is 0 Å². The van der Waals surface area contributed by atoms with E-state index in [0.29, 0.717) is 22.9 Å². The van der Waals surface area contributed by atoms with Gasteiger partial charge in [0.15, 0.2) is 22.8 Å². The average molecular weight is 479 g/mol. The van der Waals surface area contributed by atoms with Gasteiger partial charge in [-0.2, -0.15) is 13.2 Å². The number of hydrogen-bond acceptors (Lipinski definition) is 1. The van der Waals surface area contributed by atoms with Crippen LogP contribution in [0.4, 0.5) is 22.0 Å². The highest BCUT2D eigenvalue weighted by Crippen LogP contribution is 2.46. The highest BCUT2D eigenvalue weighted by Gasteiger charge is 2.36. The van der Waals surface area contributed by atoms with Gasteiger partial charge in [0.1, 0.15) is 0 Å². The largest absolute Gasteiger partial charge is 0.450 e. The molecule has 0 unspecified atom stereocenters. The molecule has 6 heteroatoms. The second-order valence-electron chi connectivity index (χ2n) is 10.4. The Morgan fingerprint density at radius 1 is 0.765 bits per heavy atom. The Morgan fingerprint density at radius 2 is 1.32 bits per heavy atom. The quantitative estimate of drug-likeness (QED) is 0.340. The van der Waals surface area contributed by atoms with E-state index in [1.165, 1.54) is 38.5 Å². The van der Waals surface area contributed by atoms with Crippen LogP contribution in [0.25, 0.3) is 21.9 Å². The molecule has 0 radical (unpaired) electrons. The van der Waals surface area contributed by atoms with Gasteiger partial charge in [0.25, 0.3) is 0 Å². The van der Waals surface area contributed by atoms with Gasteiger partial charge in [-0.3, -0.25) is 0 Å². The lowest BCUT2D eigenvalue weighted by Gasteiger charge is -2.38. The molecular weight excluding hydrogens is 447 g/mol. The summed E-state index contributed by atoms with van der Waals surface area (Å²) in [5, 5.41) is 0.467. The van der Waals surface area contributed by atoms with Crippen molar-refractivity contribution in [3.05, 3.63) is 47.0 Å². The summed E-state index contributed by atoms with van der Waals surface area (Å²) in [4.78, 5) is 0. The topological polar surface area (TPSA) is 13.1 Å². The lowest BCUT2D eigenvalue weighted by molar-refractivity contribution is -0.139. The summed E-state index contributed by atoms with van der Waals surface area (Å²) in [5.74, 6) is 0.371. The van der Waals surface area contributed by atoms with Crippen molar-refractivity contribution in [2.24, 2.45) is 17.8 Å². The molecule has 2 aromatic carbocycles. The SMILES string of the molecule is CCCC1CCC(C2CCC(c3ccc4c(oc5c(F)c(C(F)(F)F)ccc54)c3F)CC2)CC1. The van der Waals surface area contributed by atoms with E-state index in [9.17, 15) is 17.6 Å². The molecule has 34 heavy (non-hydrogen) atoms. The lowest BCUT2D eigenvalue weighted by atomic mass is 9.68. The third-order valence-electron chi connectivity index (χ3n) is 8.49. The zero-order chi connectivity index (χ0) is 24.0. The third-order valence-corrected chi connectivity index (χ3v) is 8.49. The predicted octanol–water partition coefficient (Wildman–Crippen LogP) is 9.76. The molecule has 0 saturated heterocycles. The molecule has 2 fully saturated rings. The first-order valence-corrected chi connectivity index (χ1v) is 12.7. The van der Waals surface area contributed by atoms with Gasteiger partial charge in [0, 0.05) is 10.8 Å². The maximum atomic E-state index is 15.5. The Labute approximate surface area is 196 Å². The zero-order valence-corrected chi connectivity index (χ0v) is 19.5. The van der Waals surface area contributed by atoms with Crippen LogP contribution in [0.3, 0.4) is 0 Å². The molecule has 184 valence electrons. The van der Waals surface area contributed by atoms with Crippen LogP contribution in [0.15, 0.2) is 28.7 Å². The Hall–Kier alpha value is -2.11. The number of furan rings is 1. The summed E-state index contributed by atoms with van der Waals surface area (Å²) >= 11 is 0. The number of alkyl halides is 3. The molecule has 0 spiro atoms. The second kappa shape index (κ2) is 9.16. The summed E-state index contributed by atoms with van der Waals surface area (Å²) in [7, 11) is 0. The molecule has 0 aliphatic heterocycles. The lowest BCUT2D eigenvalue weighted by Crippen LogP contribution is -2.25. The molecule has 5 rings (SSSR count). The molecule has 0 bridgehead atoms. The molecule has 0 atom stereocenters. The van der Waals surface area contributed by atoms with E-state index in [1.54, 1.807) is 12.1 Å². The monoisotopic (exact) mass is 478 g/mol. The maximum Gasteiger partial charge on any atom is 0.419 e. The van der Waals surface area contributed by atoms with E-state index in [4.69, 9.17) is 4.42 Å². The summed E-state index contributed by atoms with van der Waals surface area (Å²) < 4.78 is 74.7. The zero-order valence-electron chi connectivity index (χ0n) is 19.5. The van der Waals surface area contributed by atoms with Gasteiger partial charge in [-0.15, -0.1) is 0 Å². The Kier molecular flexibility index (Phi) is 6.36. The molecule has 1 heterocycles. The highest BCUT2D eigenvalue weighted by atomic mass is 19.4. The fourth-order valence-corrected chi connectivity index (χ4v) is 6.65. The first-order chi connectivity index (χ1) is 16.3. The highest BCUT2D eigenvalue weighted by molar-refractivity contribution is 6.05. The van der Waals surface area contributed by atoms with Gasteiger partial charge in [0.2, 0.25) is 0 Å². The summed E-state index contributed by atoms with van der Waals surface area (Å²) in [6.45, 7) is 2.26. The van der Waals surface area contributed by atoms with Gasteiger partial charge >= 0.3 is 6.18 Å². The Balaban J connectivity index is 1.34. The molecule has 2 saturated carbocycles. The average Bonchev–Trinajstić information content (AvgIpc) is 3.20. The summed E-state index contributed by atoms with van der Waals surface area (Å²) in [6.07, 6.45) is 7.00. The number of benzene rings is 2. The second-order valence-corrected chi connectivity index (χ2v) is 10.4. The Bertz CT molecular complexity index is 1160. The van der Waals surface area contributed by atoms with E-state index >= 15 is 4.39 Å². The fraction of sp³-hybridized carbons (Fsp3) is 0.571. The van der Waals surface area contributed by atoms with Crippen LogP contribution in [-0.2, 0) is 6.18 Å². The van der Waals surface area contributed by atoms with Crippen LogP contribution in [0.5, 0.6) is 0 Å². The predicted molar refractivity (Wildman–Crippen MR) is 124 cm³/mol. The first kappa shape index (κ1) is 23.6. The van der Waals surface area contributed by atoms with Gasteiger partial charge in [0.05, 0.1) is 5.56 Å². The first-order valence-electron chi connectivity index (χ1n) is 12.7. The van der Waals surface area contributed by atoms with Crippen LogP contribution in [0, 0.1) is 29.4 Å². The van der Waals surface area contributed by atoms with Crippen LogP contribution in [-0.4, -0.2) is 0 Å². The standard InChI is InChI=1S/C28H31F5O/c1-2-3-16-4-6-17(7-5-16)18-8-10-19(11-9-18)20-12-13-21-22-14-15-23(28(31,32)33)25(30)27(22)34-26(21)24(20)29/h12-19H,2-11H2,1H3. The van der Waals surface area contributed by atoms with Crippen molar-refractivity contribution < 1.29 is 26.4 Å². The van der Waals surface area contributed by atoms with Crippen LogP contribution >= 0.6 is 0 Å². The van der Waals surface area contributed by atoms with E-state index in [-0.39, 0.29) is 16.9 Å². The molecule has 2 aliphatic rings. The van der Waals surface area contributed by atoms with Crippen molar-refractivity contribution in [1.29, 1.82) is 0 Å². The maximum absolute atomic E-state index is 15.5. The third kappa shape index (κ3) is 4.22. The Morgan fingerprint density at radius 3 is 1.91 bits per heavy atom. The molecular formula is C28H31F5O.